The Hall–Kier alpha value is -2.28. The summed E-state index contributed by atoms with van der Waals surface area (Å²) < 4.78 is 29.9. The smallest absolute Gasteiger partial charge is 0.387 e. The fourth-order valence-corrected chi connectivity index (χ4v) is 4.59. The molecule has 4 rings (SSSR count). The number of hydrogen-bond donors (Lipinski definition) is 1. The highest BCUT2D eigenvalue weighted by molar-refractivity contribution is 7.19. The number of nitrogens with zero attached hydrogens (tertiary/aromatic N) is 2. The number of fused-ring (bicyclic) bond motifs is 3. The van der Waals surface area contributed by atoms with Gasteiger partial charge in [-0.15, -0.1) is 11.3 Å². The van der Waals surface area contributed by atoms with E-state index in [1.165, 1.54) is 10.4 Å². The van der Waals surface area contributed by atoms with Crippen LogP contribution in [0.4, 0.5) is 14.6 Å². The molecule has 1 aliphatic carbocycles. The number of para-hydroxylation sites is 1. The lowest BCUT2D eigenvalue weighted by Gasteiger charge is -2.19. The zero-order valence-corrected chi connectivity index (χ0v) is 14.4. The second kappa shape index (κ2) is 6.55. The average Bonchev–Trinajstić information content (AvgIpc) is 3.15. The second-order valence-corrected chi connectivity index (χ2v) is 7.13. The van der Waals surface area contributed by atoms with E-state index in [9.17, 15) is 8.78 Å². The number of thiophene rings is 1. The zero-order chi connectivity index (χ0) is 17.4. The van der Waals surface area contributed by atoms with Crippen molar-refractivity contribution in [2.24, 2.45) is 0 Å². The Kier molecular flexibility index (Phi) is 4.25. The van der Waals surface area contributed by atoms with Crippen LogP contribution in [0.15, 0.2) is 30.6 Å². The molecule has 0 radical (unpaired) electrons. The Morgan fingerprint density at radius 3 is 2.88 bits per heavy atom. The molecule has 0 amide bonds. The van der Waals surface area contributed by atoms with Crippen molar-refractivity contribution in [3.63, 3.8) is 0 Å². The first-order valence-electron chi connectivity index (χ1n) is 8.19. The maximum atomic E-state index is 12.6. The van der Waals surface area contributed by atoms with E-state index in [1.54, 1.807) is 35.9 Å². The summed E-state index contributed by atoms with van der Waals surface area (Å²) in [5.74, 6) is 0.932. The van der Waals surface area contributed by atoms with Gasteiger partial charge in [0.15, 0.2) is 0 Å². The maximum Gasteiger partial charge on any atom is 0.387 e. The van der Waals surface area contributed by atoms with Crippen molar-refractivity contribution in [3.8, 4) is 5.75 Å². The lowest BCUT2D eigenvalue weighted by molar-refractivity contribution is -0.0505. The number of anilines is 1. The van der Waals surface area contributed by atoms with Gasteiger partial charge in [0.1, 0.15) is 22.7 Å². The van der Waals surface area contributed by atoms with Gasteiger partial charge in [0, 0.05) is 10.4 Å². The van der Waals surface area contributed by atoms with E-state index in [0.29, 0.717) is 5.56 Å². The van der Waals surface area contributed by atoms with Crippen molar-refractivity contribution in [1.29, 1.82) is 0 Å². The molecule has 0 fully saturated rings. The van der Waals surface area contributed by atoms with Gasteiger partial charge in [-0.05, 0) is 37.8 Å². The minimum atomic E-state index is -2.85. The fraction of sp³-hybridized carbons (Fsp3) is 0.333. The summed E-state index contributed by atoms with van der Waals surface area (Å²) >= 11 is 1.72. The topological polar surface area (TPSA) is 47.0 Å². The molecule has 1 N–H and O–H groups in total. The molecule has 0 saturated carbocycles. The van der Waals surface area contributed by atoms with Crippen LogP contribution in [0.2, 0.25) is 0 Å². The van der Waals surface area contributed by atoms with Gasteiger partial charge in [0.25, 0.3) is 0 Å². The number of benzene rings is 1. The van der Waals surface area contributed by atoms with Gasteiger partial charge in [-0.3, -0.25) is 0 Å². The molecule has 0 bridgehead atoms. The molecule has 7 heteroatoms. The van der Waals surface area contributed by atoms with Crippen molar-refractivity contribution >= 4 is 27.4 Å². The number of hydrogen-bond acceptors (Lipinski definition) is 5. The first-order chi connectivity index (χ1) is 12.1. The molecule has 1 aliphatic rings. The Bertz CT molecular complexity index is 912. The first kappa shape index (κ1) is 16.2. The normalized spacial score (nSPS) is 14.7. The molecule has 3 aromatic rings. The van der Waals surface area contributed by atoms with Crippen LogP contribution in [0.5, 0.6) is 5.75 Å². The van der Waals surface area contributed by atoms with Crippen LogP contribution in [0.25, 0.3) is 10.2 Å². The van der Waals surface area contributed by atoms with Gasteiger partial charge in [-0.2, -0.15) is 8.78 Å². The summed E-state index contributed by atoms with van der Waals surface area (Å²) in [5.41, 5.74) is 1.99. The average molecular weight is 361 g/mol. The number of rotatable bonds is 5. The molecular formula is C18H17F2N3OS. The first-order valence-corrected chi connectivity index (χ1v) is 9.00. The van der Waals surface area contributed by atoms with Crippen LogP contribution in [0.3, 0.4) is 0 Å². The van der Waals surface area contributed by atoms with E-state index in [4.69, 9.17) is 0 Å². The van der Waals surface area contributed by atoms with Crippen LogP contribution in [-0.4, -0.2) is 16.6 Å². The van der Waals surface area contributed by atoms with Crippen LogP contribution < -0.4 is 10.1 Å². The molecule has 1 atom stereocenters. The lowest BCUT2D eigenvalue weighted by atomic mass is 10.1. The SMILES string of the molecule is CC(Nc1ncnc2sc3c(c12)CCC3)c1ccccc1OC(F)F. The molecular weight excluding hydrogens is 344 g/mol. The zero-order valence-electron chi connectivity index (χ0n) is 13.6. The highest BCUT2D eigenvalue weighted by Crippen LogP contribution is 2.40. The molecule has 1 unspecified atom stereocenters. The largest absolute Gasteiger partial charge is 0.434 e. The third-order valence-electron chi connectivity index (χ3n) is 4.46. The summed E-state index contributed by atoms with van der Waals surface area (Å²) in [4.78, 5) is 11.2. The molecule has 0 aliphatic heterocycles. The Labute approximate surface area is 147 Å². The number of alkyl halides is 2. The predicted molar refractivity (Wildman–Crippen MR) is 94.6 cm³/mol. The van der Waals surface area contributed by atoms with Gasteiger partial charge < -0.3 is 10.1 Å². The van der Waals surface area contributed by atoms with Crippen LogP contribution >= 0.6 is 11.3 Å². The summed E-state index contributed by atoms with van der Waals surface area (Å²) in [6.07, 6.45) is 4.84. The summed E-state index contributed by atoms with van der Waals surface area (Å²) in [6.45, 7) is -0.937. The van der Waals surface area contributed by atoms with Crippen LogP contribution in [-0.2, 0) is 12.8 Å². The molecule has 25 heavy (non-hydrogen) atoms. The number of aromatic nitrogens is 2. The summed E-state index contributed by atoms with van der Waals surface area (Å²) in [5, 5.41) is 4.43. The standard InChI is InChI=1S/C18H17F2N3OS/c1-10(11-5-2-3-7-13(11)24-18(19)20)23-16-15-12-6-4-8-14(12)25-17(15)22-9-21-16/h2-3,5,7,9-10,18H,4,6,8H2,1H3,(H,21,22,23). The minimum Gasteiger partial charge on any atom is -0.434 e. The van der Waals surface area contributed by atoms with E-state index in [1.807, 2.05) is 13.0 Å². The highest BCUT2D eigenvalue weighted by atomic mass is 32.1. The van der Waals surface area contributed by atoms with E-state index >= 15 is 0 Å². The molecule has 4 nitrogen and oxygen atoms in total. The molecule has 0 spiro atoms. The second-order valence-electron chi connectivity index (χ2n) is 6.04. The number of nitrogens with one attached hydrogen (secondary N) is 1. The number of aryl methyl sites for hydroxylation is 2. The van der Waals surface area contributed by atoms with Crippen LogP contribution in [0, 0.1) is 0 Å². The van der Waals surface area contributed by atoms with Crippen molar-refractivity contribution in [3.05, 3.63) is 46.6 Å². The Morgan fingerprint density at radius 2 is 2.04 bits per heavy atom. The molecule has 0 saturated heterocycles. The van der Waals surface area contributed by atoms with E-state index in [2.05, 4.69) is 20.0 Å². The Morgan fingerprint density at radius 1 is 1.20 bits per heavy atom. The quantitative estimate of drug-likeness (QED) is 0.698. The molecule has 1 aromatic carbocycles. The van der Waals surface area contributed by atoms with Crippen molar-refractivity contribution in [2.45, 2.75) is 38.8 Å². The van der Waals surface area contributed by atoms with Gasteiger partial charge in [-0.25, -0.2) is 9.97 Å². The van der Waals surface area contributed by atoms with Gasteiger partial charge in [0.05, 0.1) is 11.4 Å². The summed E-state index contributed by atoms with van der Waals surface area (Å²) in [7, 11) is 0. The fourth-order valence-electron chi connectivity index (χ4n) is 3.36. The van der Waals surface area contributed by atoms with Gasteiger partial charge in [-0.1, -0.05) is 18.2 Å². The maximum absolute atomic E-state index is 12.6. The van der Waals surface area contributed by atoms with Crippen molar-refractivity contribution in [1.82, 2.24) is 9.97 Å². The number of halogens is 2. The third-order valence-corrected chi connectivity index (χ3v) is 5.66. The molecule has 2 aromatic heterocycles. The van der Waals surface area contributed by atoms with Crippen LogP contribution in [0.1, 0.15) is 35.4 Å². The van der Waals surface area contributed by atoms with E-state index in [0.717, 1.165) is 35.3 Å². The predicted octanol–water partition coefficient (Wildman–Crippen LogP) is 4.95. The highest BCUT2D eigenvalue weighted by Gasteiger charge is 2.22. The van der Waals surface area contributed by atoms with Gasteiger partial charge in [0.2, 0.25) is 0 Å². The minimum absolute atomic E-state index is 0.179. The van der Waals surface area contributed by atoms with E-state index in [-0.39, 0.29) is 11.8 Å². The number of ether oxygens (including phenoxy) is 1. The molecule has 130 valence electrons. The van der Waals surface area contributed by atoms with Crippen molar-refractivity contribution in [2.75, 3.05) is 5.32 Å². The lowest BCUT2D eigenvalue weighted by Crippen LogP contribution is -2.12. The summed E-state index contributed by atoms with van der Waals surface area (Å²) in [6, 6.07) is 6.60. The third kappa shape index (κ3) is 3.04. The van der Waals surface area contributed by atoms with Gasteiger partial charge >= 0.3 is 6.61 Å². The van der Waals surface area contributed by atoms with E-state index < -0.39 is 6.61 Å². The molecule has 2 heterocycles. The Balaban J connectivity index is 1.68. The monoisotopic (exact) mass is 361 g/mol. The van der Waals surface area contributed by atoms with Crippen molar-refractivity contribution < 1.29 is 13.5 Å².